The molecule has 0 atom stereocenters. The maximum atomic E-state index is 13.0. The zero-order chi connectivity index (χ0) is 22.3. The predicted molar refractivity (Wildman–Crippen MR) is 125 cm³/mol. The summed E-state index contributed by atoms with van der Waals surface area (Å²) >= 11 is 1.46. The highest BCUT2D eigenvalue weighted by Crippen LogP contribution is 2.23. The molecular weight excluding hydrogens is 420 g/mol. The van der Waals surface area contributed by atoms with Crippen LogP contribution in [-0.2, 0) is 12.2 Å². The first-order valence-corrected chi connectivity index (χ1v) is 11.4. The van der Waals surface area contributed by atoms with Gasteiger partial charge in [-0.1, -0.05) is 65.5 Å². The molecule has 0 aliphatic carbocycles. The number of carbonyl (C=O) groups is 1. The van der Waals surface area contributed by atoms with E-state index in [2.05, 4.69) is 25.6 Å². The number of aromatic nitrogens is 5. The molecule has 0 saturated carbocycles. The van der Waals surface area contributed by atoms with Crippen LogP contribution >= 0.6 is 11.8 Å². The first-order valence-electron chi connectivity index (χ1n) is 10.4. The third-order valence-electron chi connectivity index (χ3n) is 4.82. The van der Waals surface area contributed by atoms with E-state index in [9.17, 15) is 4.79 Å². The Morgan fingerprint density at radius 2 is 1.62 bits per heavy atom. The van der Waals surface area contributed by atoms with Crippen molar-refractivity contribution in [3.05, 3.63) is 95.1 Å². The van der Waals surface area contributed by atoms with Gasteiger partial charge in [-0.15, -0.1) is 5.10 Å². The SMILES string of the molecule is Cc1cc(C)nc(SCc2c(C(=O)NCCc3ccccc3)nnn2-c2ccccc2)n1. The van der Waals surface area contributed by atoms with Gasteiger partial charge in [-0.3, -0.25) is 4.79 Å². The number of nitrogens with one attached hydrogen (secondary N) is 1. The number of carbonyl (C=O) groups excluding carboxylic acids is 1. The third-order valence-corrected chi connectivity index (χ3v) is 5.68. The third kappa shape index (κ3) is 5.39. The van der Waals surface area contributed by atoms with Gasteiger partial charge in [-0.05, 0) is 44.0 Å². The maximum Gasteiger partial charge on any atom is 0.273 e. The van der Waals surface area contributed by atoms with E-state index in [1.807, 2.05) is 80.6 Å². The zero-order valence-electron chi connectivity index (χ0n) is 18.0. The van der Waals surface area contributed by atoms with E-state index in [1.54, 1.807) is 4.68 Å². The van der Waals surface area contributed by atoms with Crippen LogP contribution in [0.1, 0.15) is 33.1 Å². The van der Waals surface area contributed by atoms with Crippen LogP contribution in [0.25, 0.3) is 5.69 Å². The normalized spacial score (nSPS) is 10.8. The molecule has 8 heteroatoms. The first kappa shape index (κ1) is 21.7. The van der Waals surface area contributed by atoms with Crippen LogP contribution in [0.2, 0.25) is 0 Å². The van der Waals surface area contributed by atoms with Crippen LogP contribution in [0, 0.1) is 13.8 Å². The molecule has 0 saturated heterocycles. The Morgan fingerprint density at radius 1 is 0.969 bits per heavy atom. The smallest absolute Gasteiger partial charge is 0.273 e. The number of benzene rings is 2. The average molecular weight is 445 g/mol. The summed E-state index contributed by atoms with van der Waals surface area (Å²) < 4.78 is 1.71. The van der Waals surface area contributed by atoms with Gasteiger partial charge in [-0.25, -0.2) is 14.6 Å². The van der Waals surface area contributed by atoms with E-state index in [0.717, 1.165) is 23.5 Å². The molecule has 2 aromatic carbocycles. The largest absolute Gasteiger partial charge is 0.350 e. The number of hydrogen-bond donors (Lipinski definition) is 1. The molecule has 0 aliphatic heterocycles. The van der Waals surface area contributed by atoms with Gasteiger partial charge < -0.3 is 5.32 Å². The van der Waals surface area contributed by atoms with Gasteiger partial charge >= 0.3 is 0 Å². The highest BCUT2D eigenvalue weighted by atomic mass is 32.2. The number of rotatable bonds is 8. The Hall–Kier alpha value is -3.52. The summed E-state index contributed by atoms with van der Waals surface area (Å²) in [7, 11) is 0. The summed E-state index contributed by atoms with van der Waals surface area (Å²) in [5, 5.41) is 12.1. The molecule has 32 heavy (non-hydrogen) atoms. The molecule has 1 amide bonds. The second-order valence-corrected chi connectivity index (χ2v) is 8.29. The first-order chi connectivity index (χ1) is 15.6. The molecule has 0 unspecified atom stereocenters. The van der Waals surface area contributed by atoms with E-state index < -0.39 is 0 Å². The van der Waals surface area contributed by atoms with Crippen molar-refractivity contribution in [2.24, 2.45) is 0 Å². The lowest BCUT2D eigenvalue weighted by Crippen LogP contribution is -2.27. The Kier molecular flexibility index (Phi) is 6.91. The lowest BCUT2D eigenvalue weighted by molar-refractivity contribution is 0.0948. The van der Waals surface area contributed by atoms with Gasteiger partial charge in [0.25, 0.3) is 5.91 Å². The van der Waals surface area contributed by atoms with Gasteiger partial charge in [0, 0.05) is 23.7 Å². The quantitative estimate of drug-likeness (QED) is 0.327. The summed E-state index contributed by atoms with van der Waals surface area (Å²) in [6.07, 6.45) is 0.750. The molecule has 0 aliphatic rings. The molecule has 4 aromatic rings. The van der Waals surface area contributed by atoms with Crippen molar-refractivity contribution < 1.29 is 4.79 Å². The van der Waals surface area contributed by atoms with E-state index in [0.29, 0.717) is 28.8 Å². The van der Waals surface area contributed by atoms with Gasteiger partial charge in [0.05, 0.1) is 11.4 Å². The second-order valence-electron chi connectivity index (χ2n) is 7.35. The minimum Gasteiger partial charge on any atom is -0.350 e. The van der Waals surface area contributed by atoms with Crippen LogP contribution < -0.4 is 5.32 Å². The summed E-state index contributed by atoms with van der Waals surface area (Å²) in [5.41, 5.74) is 4.87. The van der Waals surface area contributed by atoms with E-state index >= 15 is 0 Å². The van der Waals surface area contributed by atoms with Gasteiger partial charge in [0.2, 0.25) is 0 Å². The number of aryl methyl sites for hydroxylation is 2. The van der Waals surface area contributed by atoms with Crippen LogP contribution in [0.4, 0.5) is 0 Å². The lowest BCUT2D eigenvalue weighted by Gasteiger charge is -2.09. The minimum atomic E-state index is -0.236. The van der Waals surface area contributed by atoms with Gasteiger partial charge in [0.1, 0.15) is 0 Å². The van der Waals surface area contributed by atoms with Gasteiger partial charge in [0.15, 0.2) is 10.9 Å². The average Bonchev–Trinajstić information content (AvgIpc) is 3.22. The standard InChI is InChI=1S/C24H24N6OS/c1-17-15-18(2)27-24(26-17)32-16-21-22(28-29-30(21)20-11-7-4-8-12-20)23(31)25-14-13-19-9-5-3-6-10-19/h3-12,15H,13-14,16H2,1-2H3,(H,25,31). The molecule has 0 bridgehead atoms. The summed E-state index contributed by atoms with van der Waals surface area (Å²) in [6, 6.07) is 21.7. The van der Waals surface area contributed by atoms with Crippen molar-refractivity contribution in [3.63, 3.8) is 0 Å². The zero-order valence-corrected chi connectivity index (χ0v) is 18.8. The topological polar surface area (TPSA) is 85.6 Å². The van der Waals surface area contributed by atoms with Crippen molar-refractivity contribution in [2.75, 3.05) is 6.54 Å². The molecule has 2 aromatic heterocycles. The number of hydrogen-bond acceptors (Lipinski definition) is 6. The Bertz CT molecular complexity index is 1170. The van der Waals surface area contributed by atoms with Crippen molar-refractivity contribution in [2.45, 2.75) is 31.2 Å². The van der Waals surface area contributed by atoms with Crippen molar-refractivity contribution in [1.82, 2.24) is 30.3 Å². The van der Waals surface area contributed by atoms with Crippen LogP contribution in [0.15, 0.2) is 71.9 Å². The van der Waals surface area contributed by atoms with Crippen LogP contribution in [0.5, 0.6) is 0 Å². The van der Waals surface area contributed by atoms with Crippen molar-refractivity contribution in [1.29, 1.82) is 0 Å². The molecule has 2 heterocycles. The fraction of sp³-hybridized carbons (Fsp3) is 0.208. The van der Waals surface area contributed by atoms with Crippen LogP contribution in [-0.4, -0.2) is 37.4 Å². The second kappa shape index (κ2) is 10.2. The summed E-state index contributed by atoms with van der Waals surface area (Å²) in [4.78, 5) is 21.9. The van der Waals surface area contributed by atoms with Crippen LogP contribution in [0.3, 0.4) is 0 Å². The molecule has 0 spiro atoms. The van der Waals surface area contributed by atoms with Crippen molar-refractivity contribution >= 4 is 17.7 Å². The van der Waals surface area contributed by atoms with E-state index in [4.69, 9.17) is 0 Å². The molecule has 1 N–H and O–H groups in total. The lowest BCUT2D eigenvalue weighted by atomic mass is 10.1. The number of para-hydroxylation sites is 1. The Morgan fingerprint density at radius 3 is 2.31 bits per heavy atom. The minimum absolute atomic E-state index is 0.236. The summed E-state index contributed by atoms with van der Waals surface area (Å²) in [6.45, 7) is 4.41. The molecule has 0 fully saturated rings. The predicted octanol–water partition coefficient (Wildman–Crippen LogP) is 3.94. The highest BCUT2D eigenvalue weighted by molar-refractivity contribution is 7.98. The highest BCUT2D eigenvalue weighted by Gasteiger charge is 2.21. The maximum absolute atomic E-state index is 13.0. The number of nitrogens with zero attached hydrogens (tertiary/aromatic N) is 5. The molecule has 0 radical (unpaired) electrons. The Labute approximate surface area is 191 Å². The molecule has 7 nitrogen and oxygen atoms in total. The molecule has 4 rings (SSSR count). The molecular formula is C24H24N6OS. The number of amides is 1. The van der Waals surface area contributed by atoms with E-state index in [1.165, 1.54) is 17.3 Å². The fourth-order valence-corrected chi connectivity index (χ4v) is 4.27. The van der Waals surface area contributed by atoms with Crippen molar-refractivity contribution in [3.8, 4) is 5.69 Å². The molecule has 162 valence electrons. The summed E-state index contributed by atoms with van der Waals surface area (Å²) in [5.74, 6) is 0.228. The monoisotopic (exact) mass is 444 g/mol. The number of thioether (sulfide) groups is 1. The van der Waals surface area contributed by atoms with Gasteiger partial charge in [-0.2, -0.15) is 0 Å². The fourth-order valence-electron chi connectivity index (χ4n) is 3.32. The Balaban J connectivity index is 1.54. The van der Waals surface area contributed by atoms with E-state index in [-0.39, 0.29) is 5.91 Å².